The fraction of sp³-hybridized carbons (Fsp3) is 0.471. The molecule has 0 bridgehead atoms. The molecule has 114 valence electrons. The number of hydrogen-bond acceptors (Lipinski definition) is 3. The summed E-state index contributed by atoms with van der Waals surface area (Å²) in [6, 6.07) is 9.03. The summed E-state index contributed by atoms with van der Waals surface area (Å²) < 4.78 is 2.23. The molecular weight excluding hydrogens is 278 g/mol. The van der Waals surface area contributed by atoms with Crippen molar-refractivity contribution >= 4 is 11.8 Å². The van der Waals surface area contributed by atoms with Crippen molar-refractivity contribution in [2.24, 2.45) is 0 Å². The zero-order chi connectivity index (χ0) is 15.1. The first kappa shape index (κ1) is 16.1. The lowest BCUT2D eigenvalue weighted by Crippen LogP contribution is -2.27. The minimum Gasteiger partial charge on any atom is -0.334 e. The summed E-state index contributed by atoms with van der Waals surface area (Å²) in [6.45, 7) is 8.47. The van der Waals surface area contributed by atoms with Crippen molar-refractivity contribution < 1.29 is 0 Å². The highest BCUT2D eigenvalue weighted by Crippen LogP contribution is 2.24. The molecule has 0 aliphatic carbocycles. The molecule has 0 saturated carbocycles. The predicted octanol–water partition coefficient (Wildman–Crippen LogP) is 4.04. The van der Waals surface area contributed by atoms with Gasteiger partial charge in [0.15, 0.2) is 0 Å². The molecule has 0 fully saturated rings. The van der Waals surface area contributed by atoms with Gasteiger partial charge in [0.2, 0.25) is 0 Å². The molecule has 2 rings (SSSR count). The molecule has 21 heavy (non-hydrogen) atoms. The van der Waals surface area contributed by atoms with Crippen LogP contribution < -0.4 is 5.32 Å². The van der Waals surface area contributed by atoms with Gasteiger partial charge in [0, 0.05) is 29.6 Å². The number of aromatic nitrogens is 2. The number of nitrogens with zero attached hydrogens (tertiary/aromatic N) is 2. The van der Waals surface area contributed by atoms with E-state index < -0.39 is 0 Å². The summed E-state index contributed by atoms with van der Waals surface area (Å²) in [5.41, 5.74) is 1.31. The molecule has 0 aliphatic rings. The van der Waals surface area contributed by atoms with E-state index in [1.807, 2.05) is 18.0 Å². The fourth-order valence-electron chi connectivity index (χ4n) is 2.26. The first-order valence-corrected chi connectivity index (χ1v) is 8.67. The number of rotatable bonds is 8. The Morgan fingerprint density at radius 1 is 1.24 bits per heavy atom. The molecule has 1 aromatic heterocycles. The Bertz CT molecular complexity index is 533. The number of thioether (sulfide) groups is 1. The molecule has 1 unspecified atom stereocenters. The van der Waals surface area contributed by atoms with E-state index in [2.05, 4.69) is 66.1 Å². The first-order chi connectivity index (χ1) is 10.2. The highest BCUT2D eigenvalue weighted by Gasteiger charge is 2.16. The molecule has 1 aromatic carbocycles. The third-order valence-corrected chi connectivity index (χ3v) is 4.58. The second-order valence-electron chi connectivity index (χ2n) is 5.20. The predicted molar refractivity (Wildman–Crippen MR) is 90.8 cm³/mol. The zero-order valence-electron chi connectivity index (χ0n) is 13.2. The summed E-state index contributed by atoms with van der Waals surface area (Å²) in [7, 11) is 0. The van der Waals surface area contributed by atoms with Gasteiger partial charge >= 0.3 is 0 Å². The van der Waals surface area contributed by atoms with Crippen molar-refractivity contribution in [2.75, 3.05) is 12.3 Å². The van der Waals surface area contributed by atoms with E-state index in [0.717, 1.165) is 31.1 Å². The van der Waals surface area contributed by atoms with E-state index in [1.54, 1.807) is 0 Å². The van der Waals surface area contributed by atoms with Crippen molar-refractivity contribution in [3.8, 4) is 0 Å². The fourth-order valence-corrected chi connectivity index (χ4v) is 3.21. The minimum absolute atomic E-state index is 0.297. The molecule has 0 spiro atoms. The number of imidazole rings is 1. The van der Waals surface area contributed by atoms with Gasteiger partial charge < -0.3 is 9.88 Å². The van der Waals surface area contributed by atoms with Crippen LogP contribution in [0.5, 0.6) is 0 Å². The molecule has 0 saturated heterocycles. The molecule has 3 nitrogen and oxygen atoms in total. The van der Waals surface area contributed by atoms with Gasteiger partial charge in [0.1, 0.15) is 5.82 Å². The molecule has 1 atom stereocenters. The highest BCUT2D eigenvalue weighted by molar-refractivity contribution is 7.99. The van der Waals surface area contributed by atoms with Crippen LogP contribution in [-0.2, 0) is 6.54 Å². The molecular formula is C17H25N3S. The van der Waals surface area contributed by atoms with E-state index in [-0.39, 0.29) is 0 Å². The summed E-state index contributed by atoms with van der Waals surface area (Å²) in [5, 5.41) is 3.62. The van der Waals surface area contributed by atoms with Crippen LogP contribution in [0.3, 0.4) is 0 Å². The highest BCUT2D eigenvalue weighted by atomic mass is 32.2. The SMILES string of the molecule is CCCNC(CSc1ccc(C)cc1)c1nccn1CC. The monoisotopic (exact) mass is 303 g/mol. The topological polar surface area (TPSA) is 29.9 Å². The lowest BCUT2D eigenvalue weighted by Gasteiger charge is -2.19. The van der Waals surface area contributed by atoms with Gasteiger partial charge in [0.25, 0.3) is 0 Å². The second-order valence-corrected chi connectivity index (χ2v) is 6.30. The smallest absolute Gasteiger partial charge is 0.126 e. The molecule has 4 heteroatoms. The summed E-state index contributed by atoms with van der Waals surface area (Å²) in [6.07, 6.45) is 5.10. The van der Waals surface area contributed by atoms with Crippen LogP contribution in [-0.4, -0.2) is 21.8 Å². The normalized spacial score (nSPS) is 12.5. The summed E-state index contributed by atoms with van der Waals surface area (Å²) in [4.78, 5) is 5.87. The average molecular weight is 303 g/mol. The zero-order valence-corrected chi connectivity index (χ0v) is 14.0. The van der Waals surface area contributed by atoms with Crippen molar-refractivity contribution in [1.82, 2.24) is 14.9 Å². The van der Waals surface area contributed by atoms with E-state index in [4.69, 9.17) is 0 Å². The van der Waals surface area contributed by atoms with Crippen molar-refractivity contribution in [1.29, 1.82) is 0 Å². The van der Waals surface area contributed by atoms with Crippen molar-refractivity contribution in [2.45, 2.75) is 44.7 Å². The lowest BCUT2D eigenvalue weighted by molar-refractivity contribution is 0.523. The first-order valence-electron chi connectivity index (χ1n) is 7.68. The molecule has 0 radical (unpaired) electrons. The van der Waals surface area contributed by atoms with E-state index in [0.29, 0.717) is 6.04 Å². The van der Waals surface area contributed by atoms with Crippen LogP contribution >= 0.6 is 11.8 Å². The Morgan fingerprint density at radius 2 is 2.00 bits per heavy atom. The van der Waals surface area contributed by atoms with Gasteiger partial charge in [-0.1, -0.05) is 24.6 Å². The van der Waals surface area contributed by atoms with Crippen LogP contribution in [0, 0.1) is 6.92 Å². The number of benzene rings is 1. The second kappa shape index (κ2) is 8.25. The Kier molecular flexibility index (Phi) is 6.33. The van der Waals surface area contributed by atoms with Crippen LogP contribution in [0.2, 0.25) is 0 Å². The largest absolute Gasteiger partial charge is 0.334 e. The Balaban J connectivity index is 2.04. The van der Waals surface area contributed by atoms with Crippen LogP contribution in [0.15, 0.2) is 41.6 Å². The number of aryl methyl sites for hydroxylation is 2. The van der Waals surface area contributed by atoms with E-state index in [1.165, 1.54) is 10.5 Å². The third-order valence-electron chi connectivity index (χ3n) is 3.48. The number of nitrogens with one attached hydrogen (secondary N) is 1. The van der Waals surface area contributed by atoms with Gasteiger partial charge in [0.05, 0.1) is 6.04 Å². The lowest BCUT2D eigenvalue weighted by atomic mass is 10.2. The third kappa shape index (κ3) is 4.61. The summed E-state index contributed by atoms with van der Waals surface area (Å²) >= 11 is 1.89. The summed E-state index contributed by atoms with van der Waals surface area (Å²) in [5.74, 6) is 2.14. The van der Waals surface area contributed by atoms with Gasteiger partial charge in [-0.3, -0.25) is 0 Å². The van der Waals surface area contributed by atoms with Gasteiger partial charge in [-0.2, -0.15) is 0 Å². The Hall–Kier alpha value is -1.26. The molecule has 2 aromatic rings. The van der Waals surface area contributed by atoms with Crippen LogP contribution in [0.1, 0.15) is 37.7 Å². The molecule has 0 amide bonds. The molecule has 1 N–H and O–H groups in total. The minimum atomic E-state index is 0.297. The van der Waals surface area contributed by atoms with Crippen molar-refractivity contribution in [3.63, 3.8) is 0 Å². The maximum absolute atomic E-state index is 4.55. The molecule has 0 aliphatic heterocycles. The van der Waals surface area contributed by atoms with Crippen molar-refractivity contribution in [3.05, 3.63) is 48.0 Å². The molecule has 1 heterocycles. The van der Waals surface area contributed by atoms with E-state index >= 15 is 0 Å². The Labute approximate surface area is 132 Å². The maximum Gasteiger partial charge on any atom is 0.126 e. The van der Waals surface area contributed by atoms with Gasteiger partial charge in [-0.05, 0) is 38.9 Å². The Morgan fingerprint density at radius 3 is 2.67 bits per heavy atom. The quantitative estimate of drug-likeness (QED) is 0.746. The number of hydrogen-bond donors (Lipinski definition) is 1. The van der Waals surface area contributed by atoms with Gasteiger partial charge in [-0.15, -0.1) is 11.8 Å². The maximum atomic E-state index is 4.55. The van der Waals surface area contributed by atoms with Crippen LogP contribution in [0.25, 0.3) is 0 Å². The van der Waals surface area contributed by atoms with E-state index in [9.17, 15) is 0 Å². The average Bonchev–Trinajstić information content (AvgIpc) is 2.97. The van der Waals surface area contributed by atoms with Gasteiger partial charge in [-0.25, -0.2) is 4.98 Å². The standard InChI is InChI=1S/C17H25N3S/c1-4-10-18-16(17-19-11-12-20(17)5-2)13-21-15-8-6-14(3)7-9-15/h6-9,11-12,16,18H,4-5,10,13H2,1-3H3. The van der Waals surface area contributed by atoms with Crippen LogP contribution in [0.4, 0.5) is 0 Å².